The van der Waals surface area contributed by atoms with Gasteiger partial charge in [0, 0.05) is 11.3 Å². The Morgan fingerprint density at radius 2 is 0.902 bits per heavy atom. The summed E-state index contributed by atoms with van der Waals surface area (Å²) in [5.41, 5.74) is 11.5. The minimum absolute atomic E-state index is 0.923. The average molecular weight is 649 g/mol. The lowest BCUT2D eigenvalue weighted by Crippen LogP contribution is -1.97. The molecule has 0 unspecified atom stereocenters. The van der Waals surface area contributed by atoms with Crippen LogP contribution in [0.3, 0.4) is 0 Å². The highest BCUT2D eigenvalue weighted by atomic mass is 15.1. The second kappa shape index (κ2) is 12.0. The van der Waals surface area contributed by atoms with Gasteiger partial charge in [0.1, 0.15) is 5.82 Å². The molecule has 10 rings (SSSR count). The van der Waals surface area contributed by atoms with Crippen molar-refractivity contribution in [1.29, 1.82) is 0 Å². The lowest BCUT2D eigenvalue weighted by Gasteiger charge is -2.19. The first-order valence-electron chi connectivity index (χ1n) is 17.5. The van der Waals surface area contributed by atoms with E-state index in [1.807, 2.05) is 0 Å². The monoisotopic (exact) mass is 648 g/mol. The molecule has 0 spiro atoms. The summed E-state index contributed by atoms with van der Waals surface area (Å²) in [5.74, 6) is 0.923. The Hall–Kier alpha value is -6.77. The molecule has 0 aliphatic carbocycles. The van der Waals surface area contributed by atoms with Gasteiger partial charge in [-0.2, -0.15) is 0 Å². The molecular formula is C49H32N2. The zero-order valence-electron chi connectivity index (χ0n) is 27.9. The fraction of sp³-hybridized carbons (Fsp3) is 0. The minimum Gasteiger partial charge on any atom is -0.292 e. The number of hydrogen-bond acceptors (Lipinski definition) is 1. The third-order valence-corrected chi connectivity index (χ3v) is 10.2. The van der Waals surface area contributed by atoms with E-state index < -0.39 is 0 Å². The maximum atomic E-state index is 5.40. The van der Waals surface area contributed by atoms with Crippen LogP contribution in [0.2, 0.25) is 0 Å². The standard InChI is InChI=1S/C49H32N2/c1-3-15-33(16-4-1)35-19-13-20-37(31-35)49-50-45-32-36(29-30-46(45)51(49)38-21-5-2-6-22-38)47-41-24-9-11-26-43(41)48(44-27-12-10-25-42(44)47)40-28-14-18-34-17-7-8-23-39(34)40/h1-32H. The molecule has 0 radical (unpaired) electrons. The Balaban J connectivity index is 1.23. The minimum atomic E-state index is 0.923. The molecule has 238 valence electrons. The molecule has 0 fully saturated rings. The largest absolute Gasteiger partial charge is 0.292 e. The summed E-state index contributed by atoms with van der Waals surface area (Å²) in [6.45, 7) is 0. The third-order valence-electron chi connectivity index (χ3n) is 10.2. The molecule has 9 aromatic carbocycles. The number of nitrogens with zero attached hydrogens (tertiary/aromatic N) is 2. The van der Waals surface area contributed by atoms with Gasteiger partial charge in [-0.15, -0.1) is 0 Å². The molecule has 0 saturated heterocycles. The van der Waals surface area contributed by atoms with Crippen LogP contribution < -0.4 is 0 Å². The lowest BCUT2D eigenvalue weighted by molar-refractivity contribution is 1.10. The highest BCUT2D eigenvalue weighted by Crippen LogP contribution is 2.46. The van der Waals surface area contributed by atoms with Crippen LogP contribution in [0, 0.1) is 0 Å². The molecule has 1 heterocycles. The molecule has 0 N–H and O–H groups in total. The zero-order chi connectivity index (χ0) is 33.7. The topological polar surface area (TPSA) is 17.8 Å². The van der Waals surface area contributed by atoms with E-state index in [0.717, 1.165) is 33.7 Å². The van der Waals surface area contributed by atoms with E-state index in [0.29, 0.717) is 0 Å². The third kappa shape index (κ3) is 4.84. The number of rotatable bonds is 5. The van der Waals surface area contributed by atoms with Gasteiger partial charge < -0.3 is 0 Å². The van der Waals surface area contributed by atoms with Crippen molar-refractivity contribution in [2.24, 2.45) is 0 Å². The molecular weight excluding hydrogens is 617 g/mol. The smallest absolute Gasteiger partial charge is 0.145 e. The number of fused-ring (bicyclic) bond motifs is 4. The number of hydrogen-bond donors (Lipinski definition) is 0. The van der Waals surface area contributed by atoms with Gasteiger partial charge >= 0.3 is 0 Å². The Bertz CT molecular complexity index is 2840. The van der Waals surface area contributed by atoms with Crippen molar-refractivity contribution in [2.75, 3.05) is 0 Å². The van der Waals surface area contributed by atoms with Crippen molar-refractivity contribution in [3.05, 3.63) is 194 Å². The van der Waals surface area contributed by atoms with Crippen LogP contribution >= 0.6 is 0 Å². The Morgan fingerprint density at radius 3 is 1.63 bits per heavy atom. The van der Waals surface area contributed by atoms with Crippen LogP contribution in [0.1, 0.15) is 0 Å². The van der Waals surface area contributed by atoms with E-state index in [9.17, 15) is 0 Å². The zero-order valence-corrected chi connectivity index (χ0v) is 27.9. The van der Waals surface area contributed by atoms with Crippen molar-refractivity contribution < 1.29 is 0 Å². The van der Waals surface area contributed by atoms with Gasteiger partial charge in [-0.3, -0.25) is 4.57 Å². The highest BCUT2D eigenvalue weighted by Gasteiger charge is 2.20. The lowest BCUT2D eigenvalue weighted by atomic mass is 9.84. The number of aromatic nitrogens is 2. The molecule has 2 nitrogen and oxygen atoms in total. The summed E-state index contributed by atoms with van der Waals surface area (Å²) >= 11 is 0. The molecule has 0 amide bonds. The predicted octanol–water partition coefficient (Wildman–Crippen LogP) is 13.2. The predicted molar refractivity (Wildman–Crippen MR) is 215 cm³/mol. The van der Waals surface area contributed by atoms with E-state index >= 15 is 0 Å². The van der Waals surface area contributed by atoms with Crippen molar-refractivity contribution in [3.8, 4) is 50.5 Å². The van der Waals surface area contributed by atoms with Gasteiger partial charge in [-0.25, -0.2) is 4.98 Å². The molecule has 0 atom stereocenters. The summed E-state index contributed by atoms with van der Waals surface area (Å²) in [7, 11) is 0. The molecule has 0 aliphatic heterocycles. The van der Waals surface area contributed by atoms with E-state index in [1.165, 1.54) is 60.1 Å². The van der Waals surface area contributed by atoms with Crippen LogP contribution in [-0.2, 0) is 0 Å². The van der Waals surface area contributed by atoms with E-state index in [4.69, 9.17) is 4.98 Å². The van der Waals surface area contributed by atoms with Gasteiger partial charge in [0.2, 0.25) is 0 Å². The van der Waals surface area contributed by atoms with E-state index in [1.54, 1.807) is 0 Å². The molecule has 10 aromatic rings. The molecule has 0 bridgehead atoms. The quantitative estimate of drug-likeness (QED) is 0.170. The molecule has 2 heteroatoms. The summed E-state index contributed by atoms with van der Waals surface area (Å²) in [6.07, 6.45) is 0. The molecule has 51 heavy (non-hydrogen) atoms. The summed E-state index contributed by atoms with van der Waals surface area (Å²) in [6, 6.07) is 69.8. The fourth-order valence-corrected chi connectivity index (χ4v) is 7.91. The maximum Gasteiger partial charge on any atom is 0.145 e. The van der Waals surface area contributed by atoms with Crippen LogP contribution in [-0.4, -0.2) is 9.55 Å². The summed E-state index contributed by atoms with van der Waals surface area (Å²) in [4.78, 5) is 5.40. The first-order chi connectivity index (χ1) is 25.3. The van der Waals surface area contributed by atoms with Crippen molar-refractivity contribution in [2.45, 2.75) is 0 Å². The maximum absolute atomic E-state index is 5.40. The number of para-hydroxylation sites is 1. The second-order valence-corrected chi connectivity index (χ2v) is 13.1. The number of benzene rings is 9. The van der Waals surface area contributed by atoms with Crippen LogP contribution in [0.25, 0.3) is 93.8 Å². The SMILES string of the molecule is c1ccc(-c2cccc(-c3nc4cc(-c5c6ccccc6c(-c6cccc7ccccc67)c6ccccc56)ccc4n3-c3ccccc3)c2)cc1. The Morgan fingerprint density at radius 1 is 0.353 bits per heavy atom. The van der Waals surface area contributed by atoms with Crippen molar-refractivity contribution in [3.63, 3.8) is 0 Å². The van der Waals surface area contributed by atoms with Crippen LogP contribution in [0.4, 0.5) is 0 Å². The normalized spacial score (nSPS) is 11.5. The molecule has 1 aromatic heterocycles. The van der Waals surface area contributed by atoms with Gasteiger partial charge in [-0.1, -0.05) is 164 Å². The molecule has 0 aliphatic rings. The second-order valence-electron chi connectivity index (χ2n) is 13.1. The Labute approximate surface area is 296 Å². The van der Waals surface area contributed by atoms with Crippen LogP contribution in [0.15, 0.2) is 194 Å². The van der Waals surface area contributed by atoms with E-state index in [-0.39, 0.29) is 0 Å². The average Bonchev–Trinajstić information content (AvgIpc) is 3.59. The first kappa shape index (κ1) is 29.2. The van der Waals surface area contributed by atoms with E-state index in [2.05, 4.69) is 199 Å². The van der Waals surface area contributed by atoms with Crippen molar-refractivity contribution >= 4 is 43.4 Å². The number of imidazole rings is 1. The summed E-state index contributed by atoms with van der Waals surface area (Å²) < 4.78 is 2.29. The van der Waals surface area contributed by atoms with Gasteiger partial charge in [0.15, 0.2) is 0 Å². The molecule has 0 saturated carbocycles. The Kier molecular flexibility index (Phi) is 6.85. The van der Waals surface area contributed by atoms with Gasteiger partial charge in [0.05, 0.1) is 11.0 Å². The van der Waals surface area contributed by atoms with Gasteiger partial charge in [-0.05, 0) is 96.0 Å². The summed E-state index contributed by atoms with van der Waals surface area (Å²) in [5, 5.41) is 7.47. The first-order valence-corrected chi connectivity index (χ1v) is 17.5. The van der Waals surface area contributed by atoms with Gasteiger partial charge in [0.25, 0.3) is 0 Å². The fourth-order valence-electron chi connectivity index (χ4n) is 7.91. The highest BCUT2D eigenvalue weighted by molar-refractivity contribution is 6.23. The van der Waals surface area contributed by atoms with Crippen molar-refractivity contribution in [1.82, 2.24) is 9.55 Å². The van der Waals surface area contributed by atoms with Crippen LogP contribution in [0.5, 0.6) is 0 Å².